The highest BCUT2D eigenvalue weighted by Crippen LogP contribution is 2.61. The lowest BCUT2D eigenvalue weighted by Crippen LogP contribution is -2.30. The van der Waals surface area contributed by atoms with Gasteiger partial charge in [0.05, 0.1) is 21.3 Å². The van der Waals surface area contributed by atoms with Crippen LogP contribution < -0.4 is 10.6 Å². The van der Waals surface area contributed by atoms with E-state index in [1.54, 1.807) is 12.1 Å². The summed E-state index contributed by atoms with van der Waals surface area (Å²) in [6, 6.07) is 36.9. The summed E-state index contributed by atoms with van der Waals surface area (Å²) in [5.74, 6) is -0.967. The Morgan fingerprint density at radius 1 is 0.849 bits per heavy atom. The van der Waals surface area contributed by atoms with E-state index in [0.717, 1.165) is 44.5 Å². The van der Waals surface area contributed by atoms with Gasteiger partial charge in [-0.3, -0.25) is 9.59 Å². The van der Waals surface area contributed by atoms with E-state index in [1.807, 2.05) is 73.7 Å². The molecule has 270 valence electrons. The van der Waals surface area contributed by atoms with Crippen LogP contribution in [0.1, 0.15) is 65.7 Å². The third-order valence-corrected chi connectivity index (χ3v) is 10.8. The summed E-state index contributed by atoms with van der Waals surface area (Å²) in [4.78, 5) is 31.6. The van der Waals surface area contributed by atoms with Gasteiger partial charge < -0.3 is 19.6 Å². The van der Waals surface area contributed by atoms with Crippen LogP contribution in [0.3, 0.4) is 0 Å². The van der Waals surface area contributed by atoms with Gasteiger partial charge in [0.25, 0.3) is 5.91 Å². The summed E-state index contributed by atoms with van der Waals surface area (Å²) in [5.41, 5.74) is 8.65. The quantitative estimate of drug-likeness (QED) is 0.136. The first-order valence-corrected chi connectivity index (χ1v) is 19.1. The highest BCUT2D eigenvalue weighted by atomic mass is 32.2. The number of carbonyl (C=O) groups is 2. The first-order valence-electron chi connectivity index (χ1n) is 17.5. The number of hydrogen-bond donors (Lipinski definition) is 2. The van der Waals surface area contributed by atoms with Gasteiger partial charge in [-0.05, 0) is 94.6 Å². The Morgan fingerprint density at radius 2 is 1.47 bits per heavy atom. The number of rotatable bonds is 10. The fourth-order valence-corrected chi connectivity index (χ4v) is 7.25. The van der Waals surface area contributed by atoms with E-state index < -0.39 is 27.2 Å². The molecule has 0 radical (unpaired) electrons. The van der Waals surface area contributed by atoms with Crippen molar-refractivity contribution in [3.8, 4) is 22.6 Å². The van der Waals surface area contributed by atoms with Crippen LogP contribution in [0.2, 0.25) is 0 Å². The average Bonchev–Trinajstić information content (AvgIpc) is 3.74. The predicted octanol–water partition coefficient (Wildman–Crippen LogP) is 8.11. The maximum Gasteiger partial charge on any atom is 0.251 e. The number of hydrogen-bond acceptors (Lipinski definition) is 7. The number of aromatic nitrogens is 1. The number of nitrogens with zero attached hydrogens (tertiary/aromatic N) is 1. The number of fused-ring (bicyclic) bond motifs is 1. The zero-order valence-electron chi connectivity index (χ0n) is 30.0. The van der Waals surface area contributed by atoms with Crippen molar-refractivity contribution in [3.63, 3.8) is 0 Å². The molecule has 5 aromatic carbocycles. The van der Waals surface area contributed by atoms with Gasteiger partial charge in [-0.2, -0.15) is 0 Å². The minimum atomic E-state index is -4.44. The van der Waals surface area contributed by atoms with E-state index in [9.17, 15) is 22.6 Å². The molecule has 2 amide bonds. The standard InChI is InChI=1S/C43H41N3O6S/c1-27-6-5-7-37-38(27)52-40(46-37)32-16-22-35(23-17-32)45-41(48)43(34-20-14-29(15-21-34)28-12-18-33(19-13-28)42(2,3)4)26-36(43)30-8-10-31(11-9-30)39(47)44-24-25-53(49,50)51/h5-23,36H,24-26H2,1-4H3,(H,44,47)(H,45,48)(H,49,50,51)/p-1/t36-,43?/m0/s1. The van der Waals surface area contributed by atoms with E-state index in [1.165, 1.54) is 5.56 Å². The first kappa shape index (κ1) is 35.8. The van der Waals surface area contributed by atoms with Gasteiger partial charge in [0, 0.05) is 29.3 Å². The molecule has 1 saturated carbocycles. The van der Waals surface area contributed by atoms with E-state index in [-0.39, 0.29) is 23.8 Å². The van der Waals surface area contributed by atoms with Crippen molar-refractivity contribution in [2.24, 2.45) is 0 Å². The van der Waals surface area contributed by atoms with Gasteiger partial charge in [0.15, 0.2) is 5.58 Å². The number of amides is 2. The number of oxazole rings is 1. The van der Waals surface area contributed by atoms with Crippen LogP contribution in [-0.4, -0.2) is 42.1 Å². The number of anilines is 1. The number of carbonyl (C=O) groups excluding carboxylic acids is 2. The van der Waals surface area contributed by atoms with E-state index in [0.29, 0.717) is 23.6 Å². The Balaban J connectivity index is 1.14. The van der Waals surface area contributed by atoms with Crippen molar-refractivity contribution in [2.75, 3.05) is 17.6 Å². The largest absolute Gasteiger partial charge is 0.748 e. The lowest BCUT2D eigenvalue weighted by molar-refractivity contribution is -0.118. The Kier molecular flexibility index (Phi) is 9.30. The predicted molar refractivity (Wildman–Crippen MR) is 206 cm³/mol. The zero-order chi connectivity index (χ0) is 37.5. The molecular weight excluding hydrogens is 687 g/mol. The summed E-state index contributed by atoms with van der Waals surface area (Å²) in [6.07, 6.45) is 0.561. The van der Waals surface area contributed by atoms with Crippen molar-refractivity contribution in [1.29, 1.82) is 0 Å². The van der Waals surface area contributed by atoms with Gasteiger partial charge >= 0.3 is 0 Å². The van der Waals surface area contributed by atoms with Crippen LogP contribution in [0.5, 0.6) is 0 Å². The summed E-state index contributed by atoms with van der Waals surface area (Å²) in [7, 11) is -4.44. The van der Waals surface area contributed by atoms with Gasteiger partial charge in [-0.15, -0.1) is 0 Å². The number of benzene rings is 5. The summed E-state index contributed by atoms with van der Waals surface area (Å²) in [6.45, 7) is 8.27. The second-order valence-electron chi connectivity index (χ2n) is 14.7. The monoisotopic (exact) mass is 726 g/mol. The topological polar surface area (TPSA) is 141 Å². The maximum atomic E-state index is 14.4. The maximum absolute atomic E-state index is 14.4. The molecule has 1 fully saturated rings. The van der Waals surface area contributed by atoms with Gasteiger partial charge in [0.2, 0.25) is 11.8 Å². The van der Waals surface area contributed by atoms with Crippen molar-refractivity contribution >= 4 is 38.7 Å². The lowest BCUT2D eigenvalue weighted by atomic mass is 9.85. The fraction of sp³-hybridized carbons (Fsp3) is 0.233. The van der Waals surface area contributed by atoms with Gasteiger partial charge in [-0.1, -0.05) is 93.6 Å². The third kappa shape index (κ3) is 7.51. The Bertz CT molecular complexity index is 2410. The van der Waals surface area contributed by atoms with Crippen LogP contribution in [0.15, 0.2) is 120 Å². The zero-order valence-corrected chi connectivity index (χ0v) is 30.8. The summed E-state index contributed by atoms with van der Waals surface area (Å²) >= 11 is 0. The molecular formula is C43H40N3O6S-. The molecule has 53 heavy (non-hydrogen) atoms. The molecule has 1 aliphatic rings. The van der Waals surface area contributed by atoms with E-state index in [2.05, 4.69) is 72.8 Å². The Morgan fingerprint density at radius 3 is 2.08 bits per heavy atom. The van der Waals surface area contributed by atoms with Gasteiger partial charge in [0.1, 0.15) is 5.52 Å². The van der Waals surface area contributed by atoms with E-state index in [4.69, 9.17) is 4.42 Å². The third-order valence-electron chi connectivity index (χ3n) is 10.1. The van der Waals surface area contributed by atoms with E-state index >= 15 is 0 Å². The second-order valence-corrected chi connectivity index (χ2v) is 16.3. The van der Waals surface area contributed by atoms with Crippen molar-refractivity contribution < 1.29 is 27.0 Å². The van der Waals surface area contributed by atoms with Crippen molar-refractivity contribution in [2.45, 2.75) is 50.9 Å². The number of nitrogens with one attached hydrogen (secondary N) is 2. The minimum Gasteiger partial charge on any atom is -0.748 e. The molecule has 0 saturated heterocycles. The molecule has 10 heteroatoms. The van der Waals surface area contributed by atoms with Crippen LogP contribution >= 0.6 is 0 Å². The van der Waals surface area contributed by atoms with Crippen LogP contribution in [0.4, 0.5) is 5.69 Å². The molecule has 1 aliphatic carbocycles. The highest BCUT2D eigenvalue weighted by molar-refractivity contribution is 7.85. The molecule has 2 atom stereocenters. The SMILES string of the molecule is Cc1cccc2nc(-c3ccc(NC(=O)C4(c5ccc(-c6ccc(C(C)(C)C)cc6)cc5)C[C@H]4c4ccc(C(=O)NCCS(=O)(=O)[O-])cc4)cc3)oc12. The minimum absolute atomic E-state index is 0.0513. The number of para-hydroxylation sites is 1. The average molecular weight is 727 g/mol. The van der Waals surface area contributed by atoms with Gasteiger partial charge in [-0.25, -0.2) is 13.4 Å². The molecule has 0 aliphatic heterocycles. The Labute approximate surface area is 309 Å². The van der Waals surface area contributed by atoms with Crippen molar-refractivity contribution in [3.05, 3.63) is 143 Å². The smallest absolute Gasteiger partial charge is 0.251 e. The first-order chi connectivity index (χ1) is 25.2. The second kappa shape index (κ2) is 13.8. The molecule has 7 rings (SSSR count). The highest BCUT2D eigenvalue weighted by Gasteiger charge is 2.61. The lowest BCUT2D eigenvalue weighted by Gasteiger charge is -2.20. The number of aryl methyl sites for hydroxylation is 1. The summed E-state index contributed by atoms with van der Waals surface area (Å²) < 4.78 is 38.8. The molecule has 1 aromatic heterocycles. The summed E-state index contributed by atoms with van der Waals surface area (Å²) in [5, 5.41) is 5.63. The molecule has 0 spiro atoms. The molecule has 2 N–H and O–H groups in total. The Hall–Kier alpha value is -5.58. The van der Waals surface area contributed by atoms with Crippen LogP contribution in [-0.2, 0) is 25.7 Å². The normalized spacial score (nSPS) is 17.0. The molecule has 1 heterocycles. The molecule has 9 nitrogen and oxygen atoms in total. The van der Waals surface area contributed by atoms with Crippen LogP contribution in [0, 0.1) is 6.92 Å². The molecule has 0 bridgehead atoms. The molecule has 1 unspecified atom stereocenters. The van der Waals surface area contributed by atoms with Crippen molar-refractivity contribution in [1.82, 2.24) is 10.3 Å². The van der Waals surface area contributed by atoms with Crippen LogP contribution in [0.25, 0.3) is 33.7 Å². The molecule has 6 aromatic rings. The fourth-order valence-electron chi connectivity index (χ4n) is 6.90.